The van der Waals surface area contributed by atoms with Crippen molar-refractivity contribution in [2.24, 2.45) is 0 Å². The third kappa shape index (κ3) is 5.12. The smallest absolute Gasteiger partial charge is 0.251 e. The Bertz CT molecular complexity index is 791. The van der Waals surface area contributed by atoms with E-state index in [4.69, 9.17) is 18.9 Å². The molecule has 0 radical (unpaired) electrons. The second-order valence-electron chi connectivity index (χ2n) is 6.69. The number of hydrogen-bond acceptors (Lipinski definition) is 6. The number of methoxy groups -OCH3 is 3. The molecule has 1 saturated heterocycles. The predicted molar refractivity (Wildman–Crippen MR) is 112 cm³/mol. The molecule has 1 amide bonds. The summed E-state index contributed by atoms with van der Waals surface area (Å²) in [5.74, 6) is 1.19. The summed E-state index contributed by atoms with van der Waals surface area (Å²) in [5.41, 5.74) is 2.84. The number of carbonyl (C=O) groups excluding carboxylic acids is 1. The molecule has 2 aromatic rings. The highest BCUT2D eigenvalue weighted by molar-refractivity contribution is 5.95. The number of amides is 1. The SMILES string of the molecule is COc1cc(C(=O)NCCc2ccc(N3CCOCC3)cc2)cc(OC)c1OC. The van der Waals surface area contributed by atoms with Crippen LogP contribution in [-0.4, -0.2) is 60.1 Å². The summed E-state index contributed by atoms with van der Waals surface area (Å²) < 4.78 is 21.3. The van der Waals surface area contributed by atoms with Crippen LogP contribution in [0, 0.1) is 0 Å². The summed E-state index contributed by atoms with van der Waals surface area (Å²) in [6.07, 6.45) is 0.750. The van der Waals surface area contributed by atoms with Crippen molar-refractivity contribution in [2.75, 3.05) is 59.1 Å². The van der Waals surface area contributed by atoms with E-state index in [-0.39, 0.29) is 5.91 Å². The Morgan fingerprint density at radius 1 is 1.00 bits per heavy atom. The molecule has 1 aliphatic rings. The fourth-order valence-corrected chi connectivity index (χ4v) is 3.33. The molecule has 0 saturated carbocycles. The molecule has 1 fully saturated rings. The summed E-state index contributed by atoms with van der Waals surface area (Å²) in [6, 6.07) is 11.8. The highest BCUT2D eigenvalue weighted by Crippen LogP contribution is 2.38. The maximum atomic E-state index is 12.5. The number of rotatable bonds is 8. The van der Waals surface area contributed by atoms with E-state index in [1.54, 1.807) is 12.1 Å². The Balaban J connectivity index is 1.57. The van der Waals surface area contributed by atoms with Gasteiger partial charge in [0.25, 0.3) is 5.91 Å². The Morgan fingerprint density at radius 3 is 2.17 bits per heavy atom. The van der Waals surface area contributed by atoms with Gasteiger partial charge in [0.2, 0.25) is 5.75 Å². The van der Waals surface area contributed by atoms with E-state index < -0.39 is 0 Å². The van der Waals surface area contributed by atoms with Gasteiger partial charge in [-0.25, -0.2) is 0 Å². The number of hydrogen-bond donors (Lipinski definition) is 1. The molecule has 3 rings (SSSR count). The van der Waals surface area contributed by atoms with Gasteiger partial charge in [0, 0.05) is 30.9 Å². The van der Waals surface area contributed by atoms with Crippen molar-refractivity contribution in [3.63, 3.8) is 0 Å². The minimum Gasteiger partial charge on any atom is -0.493 e. The number of nitrogens with one attached hydrogen (secondary N) is 1. The van der Waals surface area contributed by atoms with Gasteiger partial charge in [-0.05, 0) is 36.2 Å². The lowest BCUT2D eigenvalue weighted by Gasteiger charge is -2.28. The van der Waals surface area contributed by atoms with Crippen molar-refractivity contribution in [1.29, 1.82) is 0 Å². The van der Waals surface area contributed by atoms with Crippen LogP contribution < -0.4 is 24.4 Å². The molecule has 0 spiro atoms. The summed E-state index contributed by atoms with van der Waals surface area (Å²) >= 11 is 0. The van der Waals surface area contributed by atoms with Crippen LogP contribution in [0.3, 0.4) is 0 Å². The van der Waals surface area contributed by atoms with Crippen molar-refractivity contribution in [1.82, 2.24) is 5.32 Å². The van der Waals surface area contributed by atoms with Crippen LogP contribution in [0.25, 0.3) is 0 Å². The van der Waals surface area contributed by atoms with Crippen LogP contribution in [0.2, 0.25) is 0 Å². The van der Waals surface area contributed by atoms with Crippen LogP contribution in [-0.2, 0) is 11.2 Å². The van der Waals surface area contributed by atoms with Crippen molar-refractivity contribution in [3.05, 3.63) is 47.5 Å². The van der Waals surface area contributed by atoms with E-state index in [0.29, 0.717) is 29.4 Å². The largest absolute Gasteiger partial charge is 0.493 e. The summed E-state index contributed by atoms with van der Waals surface area (Å²) in [4.78, 5) is 14.9. The van der Waals surface area contributed by atoms with Gasteiger partial charge in [-0.2, -0.15) is 0 Å². The molecule has 156 valence electrons. The first-order valence-electron chi connectivity index (χ1n) is 9.66. The van der Waals surface area contributed by atoms with Gasteiger partial charge in [0.05, 0.1) is 34.5 Å². The van der Waals surface area contributed by atoms with Crippen molar-refractivity contribution < 1.29 is 23.7 Å². The van der Waals surface area contributed by atoms with Gasteiger partial charge >= 0.3 is 0 Å². The number of nitrogens with zero attached hydrogens (tertiary/aromatic N) is 1. The zero-order chi connectivity index (χ0) is 20.6. The average Bonchev–Trinajstić information content (AvgIpc) is 2.78. The minimum absolute atomic E-state index is 0.186. The summed E-state index contributed by atoms with van der Waals surface area (Å²) in [6.45, 7) is 3.92. The molecule has 0 bridgehead atoms. The topological polar surface area (TPSA) is 69.3 Å². The molecule has 2 aromatic carbocycles. The van der Waals surface area contributed by atoms with E-state index in [2.05, 4.69) is 34.5 Å². The lowest BCUT2D eigenvalue weighted by atomic mass is 10.1. The first-order valence-corrected chi connectivity index (χ1v) is 9.66. The maximum Gasteiger partial charge on any atom is 0.251 e. The van der Waals surface area contributed by atoms with Crippen molar-refractivity contribution in [2.45, 2.75) is 6.42 Å². The maximum absolute atomic E-state index is 12.5. The van der Waals surface area contributed by atoms with Gasteiger partial charge in [0.1, 0.15) is 0 Å². The number of morpholine rings is 1. The molecular formula is C22H28N2O5. The van der Waals surface area contributed by atoms with Gasteiger partial charge in [-0.1, -0.05) is 12.1 Å². The van der Waals surface area contributed by atoms with Gasteiger partial charge in [0.15, 0.2) is 11.5 Å². The first kappa shape index (κ1) is 20.8. The summed E-state index contributed by atoms with van der Waals surface area (Å²) in [5, 5.41) is 2.95. The van der Waals surface area contributed by atoms with Crippen LogP contribution in [0.1, 0.15) is 15.9 Å². The standard InChI is InChI=1S/C22H28N2O5/c1-26-19-14-17(15-20(27-2)21(19)28-3)22(25)23-9-8-16-4-6-18(7-5-16)24-10-12-29-13-11-24/h4-7,14-15H,8-13H2,1-3H3,(H,23,25). The fourth-order valence-electron chi connectivity index (χ4n) is 3.33. The molecule has 0 aromatic heterocycles. The van der Waals surface area contributed by atoms with E-state index >= 15 is 0 Å². The summed E-state index contributed by atoms with van der Waals surface area (Å²) in [7, 11) is 4.59. The lowest BCUT2D eigenvalue weighted by Crippen LogP contribution is -2.36. The van der Waals surface area contributed by atoms with Crippen LogP contribution in [0.5, 0.6) is 17.2 Å². The second-order valence-corrected chi connectivity index (χ2v) is 6.69. The molecule has 1 N–H and O–H groups in total. The molecule has 0 atom stereocenters. The molecular weight excluding hydrogens is 372 g/mol. The van der Waals surface area contributed by atoms with Crippen molar-refractivity contribution >= 4 is 11.6 Å². The zero-order valence-electron chi connectivity index (χ0n) is 17.2. The van der Waals surface area contributed by atoms with Crippen molar-refractivity contribution in [3.8, 4) is 17.2 Å². The third-order valence-corrected chi connectivity index (χ3v) is 4.94. The Hall–Kier alpha value is -2.93. The van der Waals surface area contributed by atoms with Gasteiger partial charge in [-0.15, -0.1) is 0 Å². The molecule has 29 heavy (non-hydrogen) atoms. The van der Waals surface area contributed by atoms with E-state index in [9.17, 15) is 4.79 Å². The molecule has 1 aliphatic heterocycles. The Labute approximate surface area is 171 Å². The third-order valence-electron chi connectivity index (χ3n) is 4.94. The van der Waals surface area contributed by atoms with E-state index in [1.165, 1.54) is 32.6 Å². The van der Waals surface area contributed by atoms with E-state index in [0.717, 1.165) is 32.7 Å². The number of anilines is 1. The number of benzene rings is 2. The van der Waals surface area contributed by atoms with Crippen LogP contribution in [0.4, 0.5) is 5.69 Å². The highest BCUT2D eigenvalue weighted by Gasteiger charge is 2.17. The number of carbonyl (C=O) groups is 1. The van der Waals surface area contributed by atoms with E-state index in [1.807, 2.05) is 0 Å². The van der Waals surface area contributed by atoms with Crippen LogP contribution in [0.15, 0.2) is 36.4 Å². The first-order chi connectivity index (χ1) is 14.2. The molecule has 7 nitrogen and oxygen atoms in total. The molecule has 7 heteroatoms. The molecule has 0 unspecified atom stereocenters. The predicted octanol–water partition coefficient (Wildman–Crippen LogP) is 2.52. The normalized spacial score (nSPS) is 13.7. The minimum atomic E-state index is -0.186. The van der Waals surface area contributed by atoms with Gasteiger partial charge < -0.3 is 29.2 Å². The lowest BCUT2D eigenvalue weighted by molar-refractivity contribution is 0.0953. The van der Waals surface area contributed by atoms with Crippen LogP contribution >= 0.6 is 0 Å². The molecule has 1 heterocycles. The van der Waals surface area contributed by atoms with Gasteiger partial charge in [-0.3, -0.25) is 4.79 Å². The second kappa shape index (κ2) is 10.0. The monoisotopic (exact) mass is 400 g/mol. The highest BCUT2D eigenvalue weighted by atomic mass is 16.5. The quantitative estimate of drug-likeness (QED) is 0.734. The zero-order valence-corrected chi connectivity index (χ0v) is 17.2. The fraction of sp³-hybridized carbons (Fsp3) is 0.409. The Morgan fingerprint density at radius 2 is 1.62 bits per heavy atom. The average molecular weight is 400 g/mol. The Kier molecular flexibility index (Phi) is 7.19. The molecule has 0 aliphatic carbocycles. The number of ether oxygens (including phenoxy) is 4.